The molecule has 0 amide bonds. The molecule has 2 aromatic heterocycles. The average Bonchev–Trinajstić information content (AvgIpc) is 2.32. The van der Waals surface area contributed by atoms with Gasteiger partial charge < -0.3 is 5.32 Å². The summed E-state index contributed by atoms with van der Waals surface area (Å²) in [6.45, 7) is 0.827. The Labute approximate surface area is 88.4 Å². The minimum atomic E-state index is 0.827. The number of hydrogen-bond acceptors (Lipinski definition) is 4. The van der Waals surface area contributed by atoms with Crippen LogP contribution < -0.4 is 5.32 Å². The highest BCUT2D eigenvalue weighted by Crippen LogP contribution is 1.99. The largest absolute Gasteiger partial charge is 0.370 e. The lowest BCUT2D eigenvalue weighted by atomic mass is 10.3. The van der Waals surface area contributed by atoms with Crippen molar-refractivity contribution >= 4 is 5.82 Å². The van der Waals surface area contributed by atoms with Crippen molar-refractivity contribution in [3.63, 3.8) is 0 Å². The second kappa shape index (κ2) is 5.05. The van der Waals surface area contributed by atoms with Crippen molar-refractivity contribution in [3.8, 4) is 0 Å². The smallest absolute Gasteiger partial charge is 0.129 e. The zero-order chi connectivity index (χ0) is 10.3. The van der Waals surface area contributed by atoms with E-state index in [4.69, 9.17) is 0 Å². The normalized spacial score (nSPS) is 9.87. The second-order valence-corrected chi connectivity index (χ2v) is 3.09. The fourth-order valence-corrected chi connectivity index (χ4v) is 1.26. The summed E-state index contributed by atoms with van der Waals surface area (Å²) in [6.07, 6.45) is 5.95. The third-order valence-corrected chi connectivity index (χ3v) is 2.00. The Morgan fingerprint density at radius 3 is 2.80 bits per heavy atom. The lowest BCUT2D eigenvalue weighted by molar-refractivity contribution is 0.951. The van der Waals surface area contributed by atoms with E-state index in [1.54, 1.807) is 12.4 Å². The molecule has 0 atom stereocenters. The van der Waals surface area contributed by atoms with E-state index in [-0.39, 0.29) is 0 Å². The highest BCUT2D eigenvalue weighted by molar-refractivity contribution is 5.31. The van der Waals surface area contributed by atoms with Crippen LogP contribution in [0, 0.1) is 0 Å². The average molecular weight is 200 g/mol. The first-order chi connectivity index (χ1) is 7.45. The molecule has 0 radical (unpaired) electrons. The van der Waals surface area contributed by atoms with Gasteiger partial charge in [0.15, 0.2) is 0 Å². The van der Waals surface area contributed by atoms with E-state index >= 15 is 0 Å². The molecule has 76 valence electrons. The van der Waals surface area contributed by atoms with Crippen molar-refractivity contribution in [1.82, 2.24) is 15.0 Å². The zero-order valence-corrected chi connectivity index (χ0v) is 8.30. The van der Waals surface area contributed by atoms with Crippen LogP contribution in [0.25, 0.3) is 0 Å². The summed E-state index contributed by atoms with van der Waals surface area (Å²) >= 11 is 0. The Kier molecular flexibility index (Phi) is 3.22. The van der Waals surface area contributed by atoms with Crippen LogP contribution in [-0.2, 0) is 6.42 Å². The maximum absolute atomic E-state index is 4.24. The first kappa shape index (κ1) is 9.58. The van der Waals surface area contributed by atoms with Gasteiger partial charge in [-0.05, 0) is 18.2 Å². The molecule has 0 fully saturated rings. The van der Waals surface area contributed by atoms with E-state index in [1.807, 2.05) is 24.3 Å². The monoisotopic (exact) mass is 200 g/mol. The summed E-state index contributed by atoms with van der Waals surface area (Å²) in [5.74, 6) is 0.848. The first-order valence-electron chi connectivity index (χ1n) is 4.85. The highest BCUT2D eigenvalue weighted by Gasteiger charge is 1.94. The Morgan fingerprint density at radius 1 is 1.07 bits per heavy atom. The van der Waals surface area contributed by atoms with Gasteiger partial charge >= 0.3 is 0 Å². The topological polar surface area (TPSA) is 50.7 Å². The van der Waals surface area contributed by atoms with E-state index in [2.05, 4.69) is 20.3 Å². The molecular formula is C11H12N4. The van der Waals surface area contributed by atoms with Crippen molar-refractivity contribution in [1.29, 1.82) is 0 Å². The number of nitrogens with zero attached hydrogens (tertiary/aromatic N) is 3. The third kappa shape index (κ3) is 3.02. The molecule has 0 bridgehead atoms. The molecule has 0 aliphatic carbocycles. The van der Waals surface area contributed by atoms with Crippen molar-refractivity contribution in [2.45, 2.75) is 6.42 Å². The summed E-state index contributed by atoms with van der Waals surface area (Å²) in [5, 5.41) is 3.20. The van der Waals surface area contributed by atoms with Gasteiger partial charge in [0.25, 0.3) is 0 Å². The number of aromatic nitrogens is 3. The lowest BCUT2D eigenvalue weighted by Crippen LogP contribution is -2.06. The van der Waals surface area contributed by atoms with Crippen LogP contribution in [0.4, 0.5) is 5.82 Å². The Morgan fingerprint density at radius 2 is 2.07 bits per heavy atom. The molecule has 0 aliphatic rings. The van der Waals surface area contributed by atoms with Gasteiger partial charge in [-0.3, -0.25) is 4.98 Å². The van der Waals surface area contributed by atoms with Gasteiger partial charge in [0, 0.05) is 31.1 Å². The van der Waals surface area contributed by atoms with Crippen LogP contribution >= 0.6 is 0 Å². The minimum Gasteiger partial charge on any atom is -0.370 e. The van der Waals surface area contributed by atoms with Gasteiger partial charge in [0.05, 0.1) is 0 Å². The van der Waals surface area contributed by atoms with E-state index in [1.165, 1.54) is 6.33 Å². The van der Waals surface area contributed by atoms with E-state index in [0.29, 0.717) is 0 Å². The number of hydrogen-bond donors (Lipinski definition) is 1. The van der Waals surface area contributed by atoms with Gasteiger partial charge in [-0.25, -0.2) is 9.97 Å². The van der Waals surface area contributed by atoms with Crippen molar-refractivity contribution in [2.75, 3.05) is 11.9 Å². The summed E-state index contributed by atoms with van der Waals surface area (Å²) in [7, 11) is 0. The maximum Gasteiger partial charge on any atom is 0.129 e. The van der Waals surface area contributed by atoms with E-state index in [9.17, 15) is 0 Å². The number of pyridine rings is 1. The molecule has 1 N–H and O–H groups in total. The van der Waals surface area contributed by atoms with Crippen LogP contribution in [0.5, 0.6) is 0 Å². The van der Waals surface area contributed by atoms with Crippen LogP contribution in [0.2, 0.25) is 0 Å². The van der Waals surface area contributed by atoms with Crippen LogP contribution in [0.1, 0.15) is 5.69 Å². The fraction of sp³-hybridized carbons (Fsp3) is 0.182. The fourth-order valence-electron chi connectivity index (χ4n) is 1.26. The molecule has 0 unspecified atom stereocenters. The van der Waals surface area contributed by atoms with Crippen LogP contribution in [0.15, 0.2) is 43.0 Å². The summed E-state index contributed by atoms with van der Waals surface area (Å²) in [4.78, 5) is 12.2. The zero-order valence-electron chi connectivity index (χ0n) is 8.30. The molecule has 2 aromatic rings. The quantitative estimate of drug-likeness (QED) is 0.813. The van der Waals surface area contributed by atoms with E-state index in [0.717, 1.165) is 24.5 Å². The highest BCUT2D eigenvalue weighted by atomic mass is 15.0. The van der Waals surface area contributed by atoms with Crippen LogP contribution in [0.3, 0.4) is 0 Å². The summed E-state index contributed by atoms with van der Waals surface area (Å²) < 4.78 is 0. The van der Waals surface area contributed by atoms with Gasteiger partial charge in [0.1, 0.15) is 12.1 Å². The Bertz CT molecular complexity index is 348. The van der Waals surface area contributed by atoms with Gasteiger partial charge in [0.2, 0.25) is 0 Å². The van der Waals surface area contributed by atoms with Gasteiger partial charge in [-0.15, -0.1) is 0 Å². The third-order valence-electron chi connectivity index (χ3n) is 2.00. The molecule has 0 aromatic carbocycles. The molecule has 0 saturated carbocycles. The number of anilines is 1. The first-order valence-corrected chi connectivity index (χ1v) is 4.85. The second-order valence-electron chi connectivity index (χ2n) is 3.09. The molecule has 15 heavy (non-hydrogen) atoms. The Hall–Kier alpha value is -1.97. The molecule has 0 spiro atoms. The molecular weight excluding hydrogens is 188 g/mol. The SMILES string of the molecule is c1ccc(CCNc2ccncn2)nc1. The lowest BCUT2D eigenvalue weighted by Gasteiger charge is -2.03. The number of nitrogens with one attached hydrogen (secondary N) is 1. The number of rotatable bonds is 4. The van der Waals surface area contributed by atoms with Crippen LogP contribution in [-0.4, -0.2) is 21.5 Å². The van der Waals surface area contributed by atoms with Crippen molar-refractivity contribution < 1.29 is 0 Å². The molecule has 2 heterocycles. The van der Waals surface area contributed by atoms with Gasteiger partial charge in [-0.2, -0.15) is 0 Å². The molecule has 0 aliphatic heterocycles. The predicted molar refractivity (Wildman–Crippen MR) is 58.5 cm³/mol. The maximum atomic E-state index is 4.24. The Balaban J connectivity index is 1.81. The summed E-state index contributed by atoms with van der Waals surface area (Å²) in [5.41, 5.74) is 1.08. The summed E-state index contributed by atoms with van der Waals surface area (Å²) in [6, 6.07) is 7.77. The van der Waals surface area contributed by atoms with Crippen molar-refractivity contribution in [3.05, 3.63) is 48.7 Å². The van der Waals surface area contributed by atoms with Gasteiger partial charge in [-0.1, -0.05) is 6.07 Å². The minimum absolute atomic E-state index is 0.827. The molecule has 0 saturated heterocycles. The molecule has 2 rings (SSSR count). The standard InChI is InChI=1S/C11H12N4/c1-2-6-13-10(3-1)4-8-14-11-5-7-12-9-15-11/h1-3,5-7,9H,4,8H2,(H,12,14,15). The molecule has 4 nitrogen and oxygen atoms in total. The molecule has 4 heteroatoms. The van der Waals surface area contributed by atoms with E-state index < -0.39 is 0 Å². The predicted octanol–water partition coefficient (Wildman–Crippen LogP) is 1.53. The van der Waals surface area contributed by atoms with Crippen molar-refractivity contribution in [2.24, 2.45) is 0 Å².